The van der Waals surface area contributed by atoms with Crippen LogP contribution in [0.25, 0.3) is 0 Å². The minimum Gasteiger partial charge on any atom is -0.502 e. The molecule has 0 unspecified atom stereocenters. The first-order chi connectivity index (χ1) is 12.3. The summed E-state index contributed by atoms with van der Waals surface area (Å²) in [7, 11) is 0. The van der Waals surface area contributed by atoms with E-state index in [9.17, 15) is 20.0 Å². The van der Waals surface area contributed by atoms with Crippen molar-refractivity contribution in [2.24, 2.45) is 5.10 Å². The van der Waals surface area contributed by atoms with E-state index in [2.05, 4.69) is 31.4 Å². The first-order valence-corrected chi connectivity index (χ1v) is 9.06. The van der Waals surface area contributed by atoms with Crippen LogP contribution < -0.4 is 5.43 Å². The van der Waals surface area contributed by atoms with Crippen molar-refractivity contribution < 1.29 is 19.6 Å². The summed E-state index contributed by atoms with van der Waals surface area (Å²) in [5.74, 6) is -0.835. The zero-order valence-corrected chi connectivity index (χ0v) is 16.3. The van der Waals surface area contributed by atoms with Crippen LogP contribution in [-0.4, -0.2) is 33.8 Å². The molecule has 2 aromatic rings. The number of hydrogen-bond acceptors (Lipinski definition) is 9. The van der Waals surface area contributed by atoms with Gasteiger partial charge in [-0.1, -0.05) is 15.9 Å². The topological polar surface area (TPSA) is 127 Å². The van der Waals surface area contributed by atoms with E-state index < -0.39 is 10.7 Å². The van der Waals surface area contributed by atoms with Crippen molar-refractivity contribution in [3.8, 4) is 5.75 Å². The molecule has 0 fully saturated rings. The SMILES string of the molecule is CCOC(=O)Cc1csc(NN=Cc2cc(Br)c(C)c([N+](=O)[O-])c2O)n1. The molecule has 2 rings (SSSR count). The van der Waals surface area contributed by atoms with Gasteiger partial charge in [0.1, 0.15) is 0 Å². The van der Waals surface area contributed by atoms with Crippen molar-refractivity contribution in [3.63, 3.8) is 0 Å². The molecule has 0 saturated carbocycles. The second-order valence-corrected chi connectivity index (χ2v) is 6.74. The van der Waals surface area contributed by atoms with Gasteiger partial charge < -0.3 is 9.84 Å². The fraction of sp³-hybridized carbons (Fsp3) is 0.267. The molecular weight excluding hydrogens is 428 g/mol. The highest BCUT2D eigenvalue weighted by atomic mass is 79.9. The third-order valence-corrected chi connectivity index (χ3v) is 4.84. The monoisotopic (exact) mass is 442 g/mol. The number of anilines is 1. The van der Waals surface area contributed by atoms with Gasteiger partial charge in [0.2, 0.25) is 10.9 Å². The van der Waals surface area contributed by atoms with Crippen LogP contribution in [0.3, 0.4) is 0 Å². The van der Waals surface area contributed by atoms with Gasteiger partial charge in [0, 0.05) is 21.0 Å². The minimum absolute atomic E-state index is 0.0631. The number of nitro groups is 1. The van der Waals surface area contributed by atoms with Crippen molar-refractivity contribution in [1.29, 1.82) is 0 Å². The van der Waals surface area contributed by atoms with E-state index in [1.165, 1.54) is 30.5 Å². The molecular formula is C15H15BrN4O5S. The lowest BCUT2D eigenvalue weighted by Gasteiger charge is -2.05. The maximum Gasteiger partial charge on any atom is 0.315 e. The number of phenolic OH excluding ortho intramolecular Hbond substituents is 1. The van der Waals surface area contributed by atoms with Crippen LogP contribution in [0.2, 0.25) is 0 Å². The van der Waals surface area contributed by atoms with Crippen LogP contribution in [0.15, 0.2) is 21.0 Å². The summed E-state index contributed by atoms with van der Waals surface area (Å²) in [5.41, 5.74) is 3.31. The van der Waals surface area contributed by atoms with Gasteiger partial charge in [-0.05, 0) is 19.9 Å². The van der Waals surface area contributed by atoms with Gasteiger partial charge in [-0.25, -0.2) is 4.98 Å². The molecule has 0 aliphatic rings. The number of thiazole rings is 1. The lowest BCUT2D eigenvalue weighted by Crippen LogP contribution is -2.07. The highest BCUT2D eigenvalue weighted by Gasteiger charge is 2.22. The van der Waals surface area contributed by atoms with E-state index >= 15 is 0 Å². The van der Waals surface area contributed by atoms with Gasteiger partial charge in [0.05, 0.1) is 29.9 Å². The third-order valence-electron chi connectivity index (χ3n) is 3.22. The number of nitrogens with one attached hydrogen (secondary N) is 1. The summed E-state index contributed by atoms with van der Waals surface area (Å²) in [6.07, 6.45) is 1.31. The number of hydrogen-bond donors (Lipinski definition) is 2. The molecule has 26 heavy (non-hydrogen) atoms. The number of hydrazone groups is 1. The Labute approximate surface area is 161 Å². The average molecular weight is 443 g/mol. The highest BCUT2D eigenvalue weighted by Crippen LogP contribution is 2.37. The summed E-state index contributed by atoms with van der Waals surface area (Å²) < 4.78 is 5.33. The Morgan fingerprint density at radius 3 is 3.00 bits per heavy atom. The molecule has 0 atom stereocenters. The predicted molar refractivity (Wildman–Crippen MR) is 101 cm³/mol. The number of nitro benzene ring substituents is 1. The number of carbonyl (C=O) groups is 1. The fourth-order valence-corrected chi connectivity index (χ4v) is 3.11. The van der Waals surface area contributed by atoms with Gasteiger partial charge in [-0.2, -0.15) is 5.10 Å². The summed E-state index contributed by atoms with van der Waals surface area (Å²) in [5, 5.41) is 27.2. The van der Waals surface area contributed by atoms with E-state index in [1.54, 1.807) is 12.3 Å². The molecule has 0 bridgehead atoms. The van der Waals surface area contributed by atoms with E-state index in [-0.39, 0.29) is 23.6 Å². The fourth-order valence-electron chi connectivity index (χ4n) is 2.02. The predicted octanol–water partition coefficient (Wildman–Crippen LogP) is 3.38. The second kappa shape index (κ2) is 8.72. The maximum absolute atomic E-state index is 11.4. The van der Waals surface area contributed by atoms with Crippen LogP contribution in [0.5, 0.6) is 5.75 Å². The van der Waals surface area contributed by atoms with Crippen molar-refractivity contribution >= 4 is 50.3 Å². The lowest BCUT2D eigenvalue weighted by molar-refractivity contribution is -0.386. The number of carbonyl (C=O) groups excluding carboxylic acids is 1. The Morgan fingerprint density at radius 1 is 1.62 bits per heavy atom. The molecule has 1 aromatic carbocycles. The third kappa shape index (κ3) is 4.76. The Hall–Kier alpha value is -2.53. The Bertz CT molecular complexity index is 868. The van der Waals surface area contributed by atoms with Crippen molar-refractivity contribution in [2.75, 3.05) is 12.0 Å². The summed E-state index contributed by atoms with van der Waals surface area (Å²) in [6, 6.07) is 1.52. The Balaban J connectivity index is 2.11. The summed E-state index contributed by atoms with van der Waals surface area (Å²) in [4.78, 5) is 26.0. The van der Waals surface area contributed by atoms with Gasteiger partial charge in [0.15, 0.2) is 0 Å². The lowest BCUT2D eigenvalue weighted by atomic mass is 10.1. The number of aromatic hydroxyl groups is 1. The minimum atomic E-state index is -0.650. The van der Waals surface area contributed by atoms with Crippen LogP contribution in [0.1, 0.15) is 23.7 Å². The van der Waals surface area contributed by atoms with E-state index in [0.717, 1.165) is 0 Å². The van der Waals surface area contributed by atoms with Gasteiger partial charge in [-0.15, -0.1) is 11.3 Å². The first kappa shape index (κ1) is 19.8. The van der Waals surface area contributed by atoms with E-state index in [0.29, 0.717) is 27.5 Å². The standard InChI is InChI=1S/C15H15BrN4O5S/c1-3-25-12(21)5-10-7-26-15(18-10)19-17-6-9-4-11(16)8(2)13(14(9)22)20(23)24/h4,6-7,22H,3,5H2,1-2H3,(H,18,19). The number of halogens is 1. The Kier molecular flexibility index (Phi) is 6.64. The zero-order valence-electron chi connectivity index (χ0n) is 13.9. The van der Waals surface area contributed by atoms with E-state index in [4.69, 9.17) is 4.74 Å². The quantitative estimate of drug-likeness (QED) is 0.291. The molecule has 0 aliphatic heterocycles. The highest BCUT2D eigenvalue weighted by molar-refractivity contribution is 9.10. The van der Waals surface area contributed by atoms with E-state index in [1.807, 2.05) is 0 Å². The number of ether oxygens (including phenoxy) is 1. The summed E-state index contributed by atoms with van der Waals surface area (Å²) >= 11 is 4.46. The van der Waals surface area contributed by atoms with Gasteiger partial charge in [-0.3, -0.25) is 20.3 Å². The molecule has 138 valence electrons. The van der Waals surface area contributed by atoms with Crippen molar-refractivity contribution in [1.82, 2.24) is 4.98 Å². The molecule has 0 saturated heterocycles. The number of aromatic nitrogens is 1. The van der Waals surface area contributed by atoms with Crippen LogP contribution in [0.4, 0.5) is 10.8 Å². The number of phenols is 1. The molecule has 1 heterocycles. The molecule has 0 amide bonds. The van der Waals surface area contributed by atoms with Gasteiger partial charge >= 0.3 is 11.7 Å². The Morgan fingerprint density at radius 2 is 2.35 bits per heavy atom. The number of benzene rings is 1. The molecule has 0 aliphatic carbocycles. The largest absolute Gasteiger partial charge is 0.502 e. The molecule has 1 aromatic heterocycles. The number of esters is 1. The van der Waals surface area contributed by atoms with Crippen LogP contribution >= 0.6 is 27.3 Å². The molecule has 0 radical (unpaired) electrons. The van der Waals surface area contributed by atoms with Crippen LogP contribution in [-0.2, 0) is 16.0 Å². The number of rotatable bonds is 7. The molecule has 11 heteroatoms. The smallest absolute Gasteiger partial charge is 0.315 e. The van der Waals surface area contributed by atoms with Gasteiger partial charge in [0.25, 0.3) is 0 Å². The molecule has 0 spiro atoms. The summed E-state index contributed by atoms with van der Waals surface area (Å²) in [6.45, 7) is 3.56. The zero-order chi connectivity index (χ0) is 19.3. The van der Waals surface area contributed by atoms with Crippen molar-refractivity contribution in [3.05, 3.63) is 42.9 Å². The number of nitrogens with zero attached hydrogens (tertiary/aromatic N) is 3. The normalized spacial score (nSPS) is 10.9. The average Bonchev–Trinajstić information content (AvgIpc) is 2.99. The van der Waals surface area contributed by atoms with Crippen LogP contribution in [0, 0.1) is 17.0 Å². The molecule has 2 N–H and O–H groups in total. The van der Waals surface area contributed by atoms with Crippen molar-refractivity contribution in [2.45, 2.75) is 20.3 Å². The molecule has 9 nitrogen and oxygen atoms in total. The second-order valence-electron chi connectivity index (χ2n) is 5.02. The first-order valence-electron chi connectivity index (χ1n) is 7.39. The maximum atomic E-state index is 11.4.